The Morgan fingerprint density at radius 1 is 0.926 bits per heavy atom. The number of ether oxygens (including phenoxy) is 2. The second-order valence-corrected chi connectivity index (χ2v) is 8.32. The van der Waals surface area contributed by atoms with Crippen LogP contribution in [0.2, 0.25) is 6.04 Å². The van der Waals surface area contributed by atoms with Crippen molar-refractivity contribution in [2.45, 2.75) is 40.2 Å². The van der Waals surface area contributed by atoms with E-state index in [9.17, 15) is 4.79 Å². The average Bonchev–Trinajstić information content (AvgIpc) is 2.65. The van der Waals surface area contributed by atoms with Crippen molar-refractivity contribution in [3.05, 3.63) is 35.9 Å². The third-order valence-electron chi connectivity index (χ3n) is 3.57. The minimum Gasteiger partial charge on any atom is -0.494 e. The summed E-state index contributed by atoms with van der Waals surface area (Å²) in [7, 11) is -2.60. The van der Waals surface area contributed by atoms with E-state index in [0.29, 0.717) is 33.0 Å². The van der Waals surface area contributed by atoms with Crippen LogP contribution in [-0.2, 0) is 22.8 Å². The van der Waals surface area contributed by atoms with Crippen molar-refractivity contribution in [2.75, 3.05) is 33.0 Å². The molecule has 1 aromatic rings. The maximum Gasteiger partial charge on any atom is 0.501 e. The maximum atomic E-state index is 11.3. The smallest absolute Gasteiger partial charge is 0.494 e. The Labute approximate surface area is 163 Å². The summed E-state index contributed by atoms with van der Waals surface area (Å²) in [5.41, 5.74) is 0.908. The number of esters is 1. The summed E-state index contributed by atoms with van der Waals surface area (Å²) in [6.45, 7) is 10.3. The molecule has 0 N–H and O–H groups in total. The van der Waals surface area contributed by atoms with Gasteiger partial charge in [-0.1, -0.05) is 12.1 Å². The number of hydrogen-bond donors (Lipinski definition) is 0. The fraction of sp³-hybridized carbons (Fsp3) is 0.550. The molecule has 0 atom stereocenters. The molecule has 0 aliphatic heterocycles. The van der Waals surface area contributed by atoms with Crippen LogP contribution in [-0.4, -0.2) is 47.8 Å². The van der Waals surface area contributed by atoms with Crippen LogP contribution in [0.1, 0.15) is 39.7 Å². The topological polar surface area (TPSA) is 63.2 Å². The molecule has 0 aromatic heterocycles. The Bertz CT molecular complexity index is 541. The van der Waals surface area contributed by atoms with E-state index in [1.165, 1.54) is 6.08 Å². The molecule has 27 heavy (non-hydrogen) atoms. The lowest BCUT2D eigenvalue weighted by Gasteiger charge is -2.28. The van der Waals surface area contributed by atoms with E-state index in [2.05, 4.69) is 0 Å². The monoisotopic (exact) mass is 396 g/mol. The Morgan fingerprint density at radius 3 is 2.04 bits per heavy atom. The van der Waals surface area contributed by atoms with Gasteiger partial charge in [0.25, 0.3) is 0 Å². The van der Waals surface area contributed by atoms with Gasteiger partial charge in [0.2, 0.25) is 0 Å². The molecule has 152 valence electrons. The first kappa shape index (κ1) is 23.4. The minimum atomic E-state index is -2.60. The normalized spacial score (nSPS) is 11.7. The number of hydrogen-bond acceptors (Lipinski definition) is 6. The first-order chi connectivity index (χ1) is 13.1. The highest BCUT2D eigenvalue weighted by Crippen LogP contribution is 2.19. The average molecular weight is 397 g/mol. The van der Waals surface area contributed by atoms with Crippen LogP contribution in [0, 0.1) is 0 Å². The molecule has 0 fully saturated rings. The number of rotatable bonds is 14. The molecule has 7 heteroatoms. The zero-order valence-corrected chi connectivity index (χ0v) is 17.9. The van der Waals surface area contributed by atoms with Gasteiger partial charge in [0.1, 0.15) is 5.75 Å². The molecule has 0 spiro atoms. The quantitative estimate of drug-likeness (QED) is 0.204. The van der Waals surface area contributed by atoms with Crippen LogP contribution in [0.5, 0.6) is 5.75 Å². The predicted octanol–water partition coefficient (Wildman–Crippen LogP) is 4.08. The van der Waals surface area contributed by atoms with Gasteiger partial charge in [-0.2, -0.15) is 0 Å². The van der Waals surface area contributed by atoms with Crippen LogP contribution in [0.15, 0.2) is 30.3 Å². The van der Waals surface area contributed by atoms with Crippen molar-refractivity contribution in [1.29, 1.82) is 0 Å². The SMILES string of the molecule is CCOC(=O)/C=C/c1ccc(OCCC[Si](OCC)(OCC)OCC)cc1. The van der Waals surface area contributed by atoms with Crippen LogP contribution >= 0.6 is 0 Å². The summed E-state index contributed by atoms with van der Waals surface area (Å²) in [5, 5.41) is 0. The van der Waals surface area contributed by atoms with E-state index in [1.807, 2.05) is 45.0 Å². The van der Waals surface area contributed by atoms with Gasteiger partial charge in [-0.25, -0.2) is 4.79 Å². The molecule has 0 saturated carbocycles. The number of carbonyl (C=O) groups is 1. The van der Waals surface area contributed by atoms with Gasteiger partial charge in [0, 0.05) is 31.9 Å². The summed E-state index contributed by atoms with van der Waals surface area (Å²) in [6, 6.07) is 8.27. The molecule has 0 radical (unpaired) electrons. The Hall–Kier alpha value is -1.67. The van der Waals surface area contributed by atoms with E-state index >= 15 is 0 Å². The fourth-order valence-corrected chi connectivity index (χ4v) is 5.09. The molecule has 0 aliphatic carbocycles. The molecule has 0 amide bonds. The lowest BCUT2D eigenvalue weighted by atomic mass is 10.2. The third kappa shape index (κ3) is 9.19. The van der Waals surface area contributed by atoms with Crippen molar-refractivity contribution in [3.8, 4) is 5.75 Å². The standard InChI is InChI=1S/C20H32O6Si/c1-5-22-20(21)15-12-18-10-13-19(14-11-18)23-16-9-17-27(24-6-2,25-7-3)26-8-4/h10-15H,5-9,16-17H2,1-4H3/b15-12+. The Morgan fingerprint density at radius 2 is 1.52 bits per heavy atom. The van der Waals surface area contributed by atoms with E-state index in [0.717, 1.165) is 23.8 Å². The van der Waals surface area contributed by atoms with Crippen molar-refractivity contribution in [1.82, 2.24) is 0 Å². The van der Waals surface area contributed by atoms with E-state index in [-0.39, 0.29) is 5.97 Å². The second-order valence-electron chi connectivity index (χ2n) is 5.59. The van der Waals surface area contributed by atoms with Gasteiger partial charge in [0.15, 0.2) is 0 Å². The molecule has 0 heterocycles. The van der Waals surface area contributed by atoms with Gasteiger partial charge in [-0.05, 0) is 57.9 Å². The second kappa shape index (κ2) is 13.5. The van der Waals surface area contributed by atoms with Crippen molar-refractivity contribution in [3.63, 3.8) is 0 Å². The van der Waals surface area contributed by atoms with Crippen LogP contribution in [0.3, 0.4) is 0 Å². The predicted molar refractivity (Wildman–Crippen MR) is 108 cm³/mol. The van der Waals surface area contributed by atoms with Gasteiger partial charge in [-0.3, -0.25) is 0 Å². The first-order valence-electron chi connectivity index (χ1n) is 9.58. The van der Waals surface area contributed by atoms with E-state index in [4.69, 9.17) is 22.8 Å². The van der Waals surface area contributed by atoms with Crippen LogP contribution < -0.4 is 4.74 Å². The molecule has 1 rings (SSSR count). The molecule has 6 nitrogen and oxygen atoms in total. The molecular weight excluding hydrogens is 364 g/mol. The molecule has 0 unspecified atom stereocenters. The first-order valence-corrected chi connectivity index (χ1v) is 11.5. The summed E-state index contributed by atoms with van der Waals surface area (Å²) in [4.78, 5) is 11.3. The molecule has 0 aliphatic rings. The van der Waals surface area contributed by atoms with Crippen LogP contribution in [0.25, 0.3) is 6.08 Å². The molecular formula is C20H32O6Si. The van der Waals surface area contributed by atoms with Crippen molar-refractivity contribution < 1.29 is 27.5 Å². The molecule has 0 saturated heterocycles. The summed E-state index contributed by atoms with van der Waals surface area (Å²) in [5.74, 6) is 0.433. The fourth-order valence-electron chi connectivity index (χ4n) is 2.51. The van der Waals surface area contributed by atoms with Gasteiger partial charge in [0.05, 0.1) is 13.2 Å². The van der Waals surface area contributed by atoms with Crippen molar-refractivity contribution >= 4 is 20.8 Å². The summed E-state index contributed by atoms with van der Waals surface area (Å²) < 4.78 is 28.2. The van der Waals surface area contributed by atoms with E-state index in [1.54, 1.807) is 13.0 Å². The summed E-state index contributed by atoms with van der Waals surface area (Å²) >= 11 is 0. The number of benzene rings is 1. The van der Waals surface area contributed by atoms with Crippen molar-refractivity contribution in [2.24, 2.45) is 0 Å². The summed E-state index contributed by atoms with van der Waals surface area (Å²) in [6.07, 6.45) is 3.92. The third-order valence-corrected chi connectivity index (χ3v) is 6.72. The highest BCUT2D eigenvalue weighted by Gasteiger charge is 2.39. The Kier molecular flexibility index (Phi) is 11.7. The Balaban J connectivity index is 2.47. The lowest BCUT2D eigenvalue weighted by Crippen LogP contribution is -2.46. The lowest BCUT2D eigenvalue weighted by molar-refractivity contribution is -0.137. The highest BCUT2D eigenvalue weighted by atomic mass is 28.4. The zero-order valence-electron chi connectivity index (χ0n) is 16.9. The zero-order chi connectivity index (χ0) is 20.0. The van der Waals surface area contributed by atoms with Gasteiger partial charge >= 0.3 is 14.8 Å². The minimum absolute atomic E-state index is 0.344. The van der Waals surface area contributed by atoms with Gasteiger partial charge in [-0.15, -0.1) is 0 Å². The van der Waals surface area contributed by atoms with Crippen LogP contribution in [0.4, 0.5) is 0 Å². The van der Waals surface area contributed by atoms with E-state index < -0.39 is 8.80 Å². The number of carbonyl (C=O) groups excluding carboxylic acids is 1. The molecule has 1 aromatic carbocycles. The molecule has 0 bridgehead atoms. The largest absolute Gasteiger partial charge is 0.501 e. The maximum absolute atomic E-state index is 11.3. The van der Waals surface area contributed by atoms with Gasteiger partial charge < -0.3 is 22.8 Å². The highest BCUT2D eigenvalue weighted by molar-refractivity contribution is 6.60.